The Bertz CT molecular complexity index is 450. The normalized spacial score (nSPS) is 24.2. The molecule has 1 aliphatic rings. The average molecular weight is 278 g/mol. The molecule has 2 nitrogen and oxygen atoms in total. The van der Waals surface area contributed by atoms with Gasteiger partial charge in [0.25, 0.3) is 0 Å². The molecular weight excluding hydrogens is 260 g/mol. The van der Waals surface area contributed by atoms with Crippen molar-refractivity contribution in [3.8, 4) is 0 Å². The Balaban J connectivity index is 1.65. The van der Waals surface area contributed by atoms with Gasteiger partial charge in [-0.05, 0) is 64.2 Å². The molecule has 1 saturated heterocycles. The number of hydrogen-bond donors (Lipinski definition) is 2. The van der Waals surface area contributed by atoms with Gasteiger partial charge in [0.15, 0.2) is 0 Å². The highest BCUT2D eigenvalue weighted by Gasteiger charge is 2.25. The minimum Gasteiger partial charge on any atom is -0.309 e. The molecule has 96 valence electrons. The third-order valence-electron chi connectivity index (χ3n) is 3.51. The zero-order valence-electron chi connectivity index (χ0n) is 10.3. The largest absolute Gasteiger partial charge is 0.309 e. The fourth-order valence-corrected chi connectivity index (χ4v) is 3.92. The van der Waals surface area contributed by atoms with E-state index in [1.165, 1.54) is 24.0 Å². The van der Waals surface area contributed by atoms with E-state index in [0.717, 1.165) is 13.1 Å². The molecule has 2 atom stereocenters. The van der Waals surface area contributed by atoms with Crippen LogP contribution >= 0.6 is 22.7 Å². The minimum atomic E-state index is 0.476. The molecule has 2 N–H and O–H groups in total. The second-order valence-electron chi connectivity index (χ2n) is 4.75. The van der Waals surface area contributed by atoms with Crippen LogP contribution in [0.25, 0.3) is 0 Å². The van der Waals surface area contributed by atoms with Crippen LogP contribution in [-0.4, -0.2) is 12.6 Å². The van der Waals surface area contributed by atoms with E-state index in [1.807, 2.05) is 0 Å². The summed E-state index contributed by atoms with van der Waals surface area (Å²) < 4.78 is 0. The van der Waals surface area contributed by atoms with Crippen LogP contribution in [0.4, 0.5) is 0 Å². The van der Waals surface area contributed by atoms with Gasteiger partial charge in [-0.25, -0.2) is 0 Å². The molecule has 0 amide bonds. The summed E-state index contributed by atoms with van der Waals surface area (Å²) in [6.07, 6.45) is 2.53. The van der Waals surface area contributed by atoms with Crippen LogP contribution in [0, 0.1) is 0 Å². The Hall–Kier alpha value is -0.680. The summed E-state index contributed by atoms with van der Waals surface area (Å²) in [5.41, 5.74) is 2.83. The summed E-state index contributed by atoms with van der Waals surface area (Å²) in [4.78, 5) is 0. The summed E-state index contributed by atoms with van der Waals surface area (Å²) in [6, 6.07) is 5.47. The maximum absolute atomic E-state index is 3.71. The van der Waals surface area contributed by atoms with Crippen molar-refractivity contribution < 1.29 is 0 Å². The van der Waals surface area contributed by atoms with Crippen LogP contribution in [0.2, 0.25) is 0 Å². The average Bonchev–Trinajstić information content (AvgIpc) is 3.10. The van der Waals surface area contributed by atoms with E-state index < -0.39 is 0 Å². The van der Waals surface area contributed by atoms with Crippen molar-refractivity contribution in [2.75, 3.05) is 6.54 Å². The van der Waals surface area contributed by atoms with E-state index in [4.69, 9.17) is 0 Å². The third-order valence-corrected chi connectivity index (χ3v) is 4.94. The maximum atomic E-state index is 3.71. The monoisotopic (exact) mass is 278 g/mol. The van der Waals surface area contributed by atoms with Crippen molar-refractivity contribution in [3.63, 3.8) is 0 Å². The first-order valence-electron chi connectivity index (χ1n) is 6.43. The highest BCUT2D eigenvalue weighted by atomic mass is 32.1. The summed E-state index contributed by atoms with van der Waals surface area (Å²) in [7, 11) is 0. The van der Waals surface area contributed by atoms with Crippen LogP contribution in [0.3, 0.4) is 0 Å². The van der Waals surface area contributed by atoms with Crippen LogP contribution in [0.5, 0.6) is 0 Å². The molecule has 4 heteroatoms. The third kappa shape index (κ3) is 2.83. The number of hydrogen-bond acceptors (Lipinski definition) is 4. The van der Waals surface area contributed by atoms with E-state index in [1.54, 1.807) is 22.7 Å². The van der Waals surface area contributed by atoms with Gasteiger partial charge in [-0.3, -0.25) is 0 Å². The Labute approximate surface area is 116 Å². The van der Waals surface area contributed by atoms with Gasteiger partial charge in [0, 0.05) is 18.6 Å². The summed E-state index contributed by atoms with van der Waals surface area (Å²) >= 11 is 3.56. The van der Waals surface area contributed by atoms with Gasteiger partial charge >= 0.3 is 0 Å². The first kappa shape index (κ1) is 12.4. The second kappa shape index (κ2) is 5.97. The van der Waals surface area contributed by atoms with Gasteiger partial charge in [0.1, 0.15) is 0 Å². The van der Waals surface area contributed by atoms with E-state index in [0.29, 0.717) is 12.1 Å². The number of piperidine rings is 1. The molecule has 0 aromatic carbocycles. The molecule has 3 heterocycles. The van der Waals surface area contributed by atoms with Crippen molar-refractivity contribution in [2.45, 2.75) is 31.5 Å². The maximum Gasteiger partial charge on any atom is 0.0484 e. The van der Waals surface area contributed by atoms with Crippen molar-refractivity contribution >= 4 is 22.7 Å². The lowest BCUT2D eigenvalue weighted by molar-refractivity contribution is 0.305. The first-order chi connectivity index (χ1) is 8.93. The Kier molecular flexibility index (Phi) is 4.10. The second-order valence-corrected chi connectivity index (χ2v) is 6.31. The molecule has 0 bridgehead atoms. The summed E-state index contributed by atoms with van der Waals surface area (Å²) in [6.45, 7) is 2.12. The van der Waals surface area contributed by atoms with Crippen LogP contribution in [0.1, 0.15) is 30.0 Å². The number of nitrogens with one attached hydrogen (secondary N) is 2. The molecule has 2 aromatic rings. The summed E-state index contributed by atoms with van der Waals surface area (Å²) in [5, 5.41) is 16.2. The smallest absolute Gasteiger partial charge is 0.0484 e. The molecule has 0 saturated carbocycles. The number of rotatable bonds is 4. The fraction of sp³-hybridized carbons (Fsp3) is 0.429. The van der Waals surface area contributed by atoms with Gasteiger partial charge in [-0.1, -0.05) is 0 Å². The van der Waals surface area contributed by atoms with Crippen molar-refractivity contribution in [1.82, 2.24) is 10.6 Å². The topological polar surface area (TPSA) is 24.1 Å². The summed E-state index contributed by atoms with van der Waals surface area (Å²) in [5.74, 6) is 0. The molecule has 0 aliphatic carbocycles. The quantitative estimate of drug-likeness (QED) is 0.896. The molecular formula is C14H18N2S2. The zero-order chi connectivity index (χ0) is 12.2. The predicted molar refractivity (Wildman–Crippen MR) is 79.2 cm³/mol. The van der Waals surface area contributed by atoms with E-state index in [9.17, 15) is 0 Å². The van der Waals surface area contributed by atoms with Gasteiger partial charge in [0.2, 0.25) is 0 Å². The predicted octanol–water partition coefficient (Wildman–Crippen LogP) is 3.39. The van der Waals surface area contributed by atoms with Gasteiger partial charge in [-0.2, -0.15) is 22.7 Å². The van der Waals surface area contributed by atoms with Gasteiger partial charge < -0.3 is 10.6 Å². The van der Waals surface area contributed by atoms with Crippen molar-refractivity contribution in [3.05, 3.63) is 44.8 Å². The minimum absolute atomic E-state index is 0.476. The lowest BCUT2D eigenvalue weighted by atomic mass is 9.94. The first-order valence-corrected chi connectivity index (χ1v) is 8.32. The fourth-order valence-electron chi connectivity index (χ4n) is 2.55. The molecule has 0 radical (unpaired) electrons. The van der Waals surface area contributed by atoms with Crippen LogP contribution < -0.4 is 10.6 Å². The Morgan fingerprint density at radius 1 is 1.22 bits per heavy atom. The van der Waals surface area contributed by atoms with Crippen molar-refractivity contribution in [1.29, 1.82) is 0 Å². The van der Waals surface area contributed by atoms with Crippen LogP contribution in [-0.2, 0) is 6.54 Å². The molecule has 3 rings (SSSR count). The standard InChI is InChI=1S/C14H18N2S2/c1-2-13(16-8-11-3-6-17-9-11)14(15-5-1)12-4-7-18-10-12/h3-4,6-7,9-10,13-16H,1-2,5,8H2/t13-,14-/m0/s1. The van der Waals surface area contributed by atoms with Gasteiger partial charge in [-0.15, -0.1) is 0 Å². The lowest BCUT2D eigenvalue weighted by Crippen LogP contribution is -2.45. The van der Waals surface area contributed by atoms with Gasteiger partial charge in [0.05, 0.1) is 0 Å². The highest BCUT2D eigenvalue weighted by molar-refractivity contribution is 7.08. The lowest BCUT2D eigenvalue weighted by Gasteiger charge is -2.33. The zero-order valence-corrected chi connectivity index (χ0v) is 11.9. The molecule has 1 aliphatic heterocycles. The molecule has 2 aromatic heterocycles. The molecule has 1 fully saturated rings. The Morgan fingerprint density at radius 3 is 2.89 bits per heavy atom. The van der Waals surface area contributed by atoms with Crippen molar-refractivity contribution in [2.24, 2.45) is 0 Å². The molecule has 0 unspecified atom stereocenters. The SMILES string of the molecule is c1cc(CN[C@H]2CCCN[C@H]2c2ccsc2)cs1. The Morgan fingerprint density at radius 2 is 2.11 bits per heavy atom. The van der Waals surface area contributed by atoms with E-state index in [2.05, 4.69) is 44.3 Å². The highest BCUT2D eigenvalue weighted by Crippen LogP contribution is 2.25. The van der Waals surface area contributed by atoms with Crippen LogP contribution in [0.15, 0.2) is 33.7 Å². The van der Waals surface area contributed by atoms with E-state index in [-0.39, 0.29) is 0 Å². The molecule has 18 heavy (non-hydrogen) atoms. The van der Waals surface area contributed by atoms with E-state index >= 15 is 0 Å². The number of thiophene rings is 2. The molecule has 0 spiro atoms.